The van der Waals surface area contributed by atoms with Crippen LogP contribution in [-0.2, 0) is 9.47 Å². The predicted octanol–water partition coefficient (Wildman–Crippen LogP) is 2.45. The highest BCUT2D eigenvalue weighted by Gasteiger charge is 2.35. The number of ether oxygens (including phenoxy) is 2. The van der Waals surface area contributed by atoms with E-state index in [9.17, 15) is 0 Å². The molecule has 6 heteroatoms. The summed E-state index contributed by atoms with van der Waals surface area (Å²) >= 11 is 0. The molecule has 3 fully saturated rings. The van der Waals surface area contributed by atoms with Gasteiger partial charge in [0.1, 0.15) is 0 Å². The van der Waals surface area contributed by atoms with E-state index in [0.717, 1.165) is 77.4 Å². The van der Waals surface area contributed by atoms with Gasteiger partial charge in [0.25, 0.3) is 0 Å². The van der Waals surface area contributed by atoms with Crippen molar-refractivity contribution in [1.29, 1.82) is 0 Å². The Kier molecular flexibility index (Phi) is 8.01. The molecule has 3 aliphatic rings. The van der Waals surface area contributed by atoms with Gasteiger partial charge in [-0.05, 0) is 37.5 Å². The van der Waals surface area contributed by atoms with E-state index in [4.69, 9.17) is 14.5 Å². The summed E-state index contributed by atoms with van der Waals surface area (Å²) in [5.41, 5.74) is 0.176. The third kappa shape index (κ3) is 6.07. The second-order valence-corrected chi connectivity index (χ2v) is 9.77. The number of morpholine rings is 1. The Morgan fingerprint density at radius 1 is 1.11 bits per heavy atom. The number of likely N-dealkylation sites (tertiary alicyclic amines) is 1. The molecule has 0 aromatic carbocycles. The van der Waals surface area contributed by atoms with Crippen LogP contribution in [0.1, 0.15) is 47.0 Å². The second kappa shape index (κ2) is 10.3. The van der Waals surface area contributed by atoms with E-state index in [1.807, 2.05) is 0 Å². The van der Waals surface area contributed by atoms with Crippen molar-refractivity contribution in [2.24, 2.45) is 22.2 Å². The zero-order chi connectivity index (χ0) is 20.0. The van der Waals surface area contributed by atoms with Gasteiger partial charge < -0.3 is 19.7 Å². The summed E-state index contributed by atoms with van der Waals surface area (Å²) in [6.45, 7) is 19.1. The second-order valence-electron chi connectivity index (χ2n) is 9.77. The van der Waals surface area contributed by atoms with Crippen LogP contribution in [0, 0.1) is 17.3 Å². The van der Waals surface area contributed by atoms with E-state index >= 15 is 0 Å². The van der Waals surface area contributed by atoms with Crippen LogP contribution in [0.25, 0.3) is 0 Å². The molecule has 28 heavy (non-hydrogen) atoms. The van der Waals surface area contributed by atoms with Crippen LogP contribution in [0.5, 0.6) is 0 Å². The van der Waals surface area contributed by atoms with Gasteiger partial charge in [-0.2, -0.15) is 0 Å². The van der Waals surface area contributed by atoms with Crippen LogP contribution in [0.15, 0.2) is 4.99 Å². The molecule has 162 valence electrons. The van der Waals surface area contributed by atoms with Crippen LogP contribution in [0.4, 0.5) is 0 Å². The van der Waals surface area contributed by atoms with Crippen molar-refractivity contribution in [2.45, 2.75) is 53.1 Å². The van der Waals surface area contributed by atoms with Crippen molar-refractivity contribution in [1.82, 2.24) is 15.1 Å². The maximum absolute atomic E-state index is 6.16. The van der Waals surface area contributed by atoms with Crippen molar-refractivity contribution in [3.8, 4) is 0 Å². The zero-order valence-corrected chi connectivity index (χ0v) is 18.6. The highest BCUT2D eigenvalue weighted by molar-refractivity contribution is 5.80. The molecule has 0 spiro atoms. The maximum atomic E-state index is 6.16. The fraction of sp³-hybridized carbons (Fsp3) is 0.955. The SMILES string of the molecule is CCNC(=NCC1CCCOC1C(C)(C)C)N1CCC(CN2CCOCC2)C1. The van der Waals surface area contributed by atoms with Gasteiger partial charge in [0.2, 0.25) is 0 Å². The minimum absolute atomic E-state index is 0.176. The summed E-state index contributed by atoms with van der Waals surface area (Å²) in [7, 11) is 0. The van der Waals surface area contributed by atoms with Crippen molar-refractivity contribution >= 4 is 5.96 Å². The number of aliphatic imine (C=N–C) groups is 1. The van der Waals surface area contributed by atoms with Crippen molar-refractivity contribution in [2.75, 3.05) is 65.6 Å². The highest BCUT2D eigenvalue weighted by Crippen LogP contribution is 2.34. The van der Waals surface area contributed by atoms with Gasteiger partial charge in [-0.1, -0.05) is 20.8 Å². The lowest BCUT2D eigenvalue weighted by molar-refractivity contribution is -0.0824. The number of guanidine groups is 1. The standard InChI is InChI=1S/C22H42N4O2/c1-5-23-21(24-15-19-7-6-12-28-20(19)22(2,3)4)26-9-8-18(17-26)16-25-10-13-27-14-11-25/h18-20H,5-17H2,1-4H3,(H,23,24). The molecular formula is C22H42N4O2. The first-order valence-electron chi connectivity index (χ1n) is 11.4. The summed E-state index contributed by atoms with van der Waals surface area (Å²) < 4.78 is 11.6. The van der Waals surface area contributed by atoms with E-state index in [0.29, 0.717) is 12.0 Å². The topological polar surface area (TPSA) is 49.3 Å². The molecule has 0 aromatic heterocycles. The fourth-order valence-corrected chi connectivity index (χ4v) is 4.94. The lowest BCUT2D eigenvalue weighted by atomic mass is 9.78. The molecule has 3 rings (SSSR count). The van der Waals surface area contributed by atoms with E-state index < -0.39 is 0 Å². The molecule has 3 atom stereocenters. The Labute approximate surface area is 172 Å². The van der Waals surface area contributed by atoms with Crippen molar-refractivity contribution < 1.29 is 9.47 Å². The van der Waals surface area contributed by atoms with Crippen molar-refractivity contribution in [3.05, 3.63) is 0 Å². The van der Waals surface area contributed by atoms with Gasteiger partial charge in [-0.3, -0.25) is 9.89 Å². The number of hydrogen-bond acceptors (Lipinski definition) is 4. The van der Waals surface area contributed by atoms with Gasteiger partial charge >= 0.3 is 0 Å². The molecule has 0 aromatic rings. The monoisotopic (exact) mass is 394 g/mol. The van der Waals surface area contributed by atoms with Crippen LogP contribution >= 0.6 is 0 Å². The summed E-state index contributed by atoms with van der Waals surface area (Å²) in [5, 5.41) is 3.54. The molecule has 3 saturated heterocycles. The third-order valence-corrected chi connectivity index (χ3v) is 6.31. The Morgan fingerprint density at radius 2 is 1.89 bits per heavy atom. The maximum Gasteiger partial charge on any atom is 0.193 e. The molecule has 6 nitrogen and oxygen atoms in total. The summed E-state index contributed by atoms with van der Waals surface area (Å²) in [6, 6.07) is 0. The highest BCUT2D eigenvalue weighted by atomic mass is 16.5. The van der Waals surface area contributed by atoms with Gasteiger partial charge in [-0.25, -0.2) is 0 Å². The molecule has 0 bridgehead atoms. The largest absolute Gasteiger partial charge is 0.379 e. The van der Waals surface area contributed by atoms with Crippen LogP contribution in [-0.4, -0.2) is 87.5 Å². The molecule has 3 aliphatic heterocycles. The molecule has 3 heterocycles. The quantitative estimate of drug-likeness (QED) is 0.573. The average molecular weight is 395 g/mol. The van der Waals surface area contributed by atoms with Gasteiger partial charge in [0.15, 0.2) is 5.96 Å². The first-order valence-corrected chi connectivity index (χ1v) is 11.4. The molecule has 0 amide bonds. The summed E-state index contributed by atoms with van der Waals surface area (Å²) in [5.74, 6) is 2.36. The van der Waals surface area contributed by atoms with E-state index in [1.165, 1.54) is 19.4 Å². The molecular weight excluding hydrogens is 352 g/mol. The van der Waals surface area contributed by atoms with E-state index in [2.05, 4.69) is 42.8 Å². The van der Waals surface area contributed by atoms with E-state index in [-0.39, 0.29) is 5.41 Å². The Morgan fingerprint density at radius 3 is 2.61 bits per heavy atom. The van der Waals surface area contributed by atoms with Crippen LogP contribution in [0.2, 0.25) is 0 Å². The van der Waals surface area contributed by atoms with Crippen LogP contribution < -0.4 is 5.32 Å². The minimum Gasteiger partial charge on any atom is -0.379 e. The first kappa shape index (κ1) is 21.8. The van der Waals surface area contributed by atoms with Crippen LogP contribution in [0.3, 0.4) is 0 Å². The number of nitrogens with zero attached hydrogens (tertiary/aromatic N) is 3. The predicted molar refractivity (Wildman–Crippen MR) is 115 cm³/mol. The molecule has 1 N–H and O–H groups in total. The number of rotatable bonds is 5. The lowest BCUT2D eigenvalue weighted by Gasteiger charge is -2.39. The molecule has 0 saturated carbocycles. The smallest absolute Gasteiger partial charge is 0.193 e. The van der Waals surface area contributed by atoms with Crippen molar-refractivity contribution in [3.63, 3.8) is 0 Å². The third-order valence-electron chi connectivity index (χ3n) is 6.31. The van der Waals surface area contributed by atoms with E-state index in [1.54, 1.807) is 0 Å². The summed E-state index contributed by atoms with van der Waals surface area (Å²) in [6.07, 6.45) is 3.96. The molecule has 0 aliphatic carbocycles. The Balaban J connectivity index is 1.56. The number of hydrogen-bond donors (Lipinski definition) is 1. The van der Waals surface area contributed by atoms with Gasteiger partial charge in [0, 0.05) is 58.3 Å². The minimum atomic E-state index is 0.176. The molecule has 0 radical (unpaired) electrons. The fourth-order valence-electron chi connectivity index (χ4n) is 4.94. The molecule has 3 unspecified atom stereocenters. The zero-order valence-electron chi connectivity index (χ0n) is 18.6. The average Bonchev–Trinajstić information content (AvgIpc) is 3.14. The Bertz CT molecular complexity index is 499. The summed E-state index contributed by atoms with van der Waals surface area (Å²) in [4.78, 5) is 10.1. The normalized spacial score (nSPS) is 30.6. The van der Waals surface area contributed by atoms with Gasteiger partial charge in [-0.15, -0.1) is 0 Å². The number of nitrogens with one attached hydrogen (secondary N) is 1. The van der Waals surface area contributed by atoms with Gasteiger partial charge in [0.05, 0.1) is 19.3 Å². The first-order chi connectivity index (χ1) is 13.5. The Hall–Kier alpha value is -0.850. The lowest BCUT2D eigenvalue weighted by Crippen LogP contribution is -2.44.